The van der Waals surface area contributed by atoms with Crippen LogP contribution in [0.4, 0.5) is 4.39 Å². The summed E-state index contributed by atoms with van der Waals surface area (Å²) in [6, 6.07) is 5.05. The Morgan fingerprint density at radius 2 is 2.25 bits per heavy atom. The molecule has 0 saturated carbocycles. The molecule has 0 aromatic heterocycles. The zero-order chi connectivity index (χ0) is 12.0. The zero-order valence-electron chi connectivity index (χ0n) is 9.89. The molecule has 16 heavy (non-hydrogen) atoms. The molecule has 0 amide bonds. The van der Waals surface area contributed by atoms with E-state index in [1.165, 1.54) is 6.07 Å². The van der Waals surface area contributed by atoms with Crippen LogP contribution < -0.4 is 5.32 Å². The van der Waals surface area contributed by atoms with E-state index >= 15 is 0 Å². The van der Waals surface area contributed by atoms with E-state index in [1.807, 2.05) is 13.0 Å². The van der Waals surface area contributed by atoms with Crippen molar-refractivity contribution in [2.45, 2.75) is 32.7 Å². The van der Waals surface area contributed by atoms with Gasteiger partial charge in [0.2, 0.25) is 0 Å². The van der Waals surface area contributed by atoms with Gasteiger partial charge in [0.25, 0.3) is 0 Å². The largest absolute Gasteiger partial charge is 0.309 e. The number of aryl methyl sites for hydroxylation is 1. The van der Waals surface area contributed by atoms with Gasteiger partial charge >= 0.3 is 0 Å². The molecule has 1 unspecified atom stereocenters. The summed E-state index contributed by atoms with van der Waals surface area (Å²) in [5.41, 5.74) is 1.73. The highest BCUT2D eigenvalue weighted by atomic mass is 19.1. The smallest absolute Gasteiger partial charge is 0.128 e. The molecule has 1 atom stereocenters. The lowest BCUT2D eigenvalue weighted by Crippen LogP contribution is -2.22. The Kier molecular flexibility index (Phi) is 5.01. The highest BCUT2D eigenvalue weighted by molar-refractivity contribution is 5.27. The van der Waals surface area contributed by atoms with Crippen LogP contribution in [0.3, 0.4) is 0 Å². The predicted octanol–water partition coefficient (Wildman–Crippen LogP) is 3.20. The number of nitrogens with one attached hydrogen (secondary N) is 1. The highest BCUT2D eigenvalue weighted by Gasteiger charge is 2.13. The second-order valence-electron chi connectivity index (χ2n) is 3.94. The van der Waals surface area contributed by atoms with Crippen molar-refractivity contribution in [2.24, 2.45) is 0 Å². The monoisotopic (exact) mass is 219 g/mol. The van der Waals surface area contributed by atoms with Crippen LogP contribution in [0.5, 0.6) is 0 Å². The van der Waals surface area contributed by atoms with Gasteiger partial charge in [-0.2, -0.15) is 0 Å². The Morgan fingerprint density at radius 3 is 2.88 bits per heavy atom. The molecule has 2 heteroatoms. The predicted molar refractivity (Wildman–Crippen MR) is 65.6 cm³/mol. The van der Waals surface area contributed by atoms with Gasteiger partial charge in [-0.1, -0.05) is 24.6 Å². The van der Waals surface area contributed by atoms with E-state index in [-0.39, 0.29) is 11.9 Å². The van der Waals surface area contributed by atoms with Gasteiger partial charge in [0.1, 0.15) is 5.82 Å². The van der Waals surface area contributed by atoms with Crippen LogP contribution in [0.25, 0.3) is 0 Å². The highest BCUT2D eigenvalue weighted by Crippen LogP contribution is 2.21. The summed E-state index contributed by atoms with van der Waals surface area (Å²) < 4.78 is 13.7. The topological polar surface area (TPSA) is 12.0 Å². The number of rotatable bonds is 5. The molecule has 1 aromatic carbocycles. The van der Waals surface area contributed by atoms with Gasteiger partial charge in [0.05, 0.1) is 0 Å². The molecule has 0 saturated heterocycles. The maximum atomic E-state index is 13.7. The average Bonchev–Trinajstić information content (AvgIpc) is 2.28. The van der Waals surface area contributed by atoms with Crippen LogP contribution in [-0.2, 0) is 0 Å². The molecule has 0 aliphatic rings. The zero-order valence-corrected chi connectivity index (χ0v) is 9.89. The fraction of sp³-hybridized carbons (Fsp3) is 0.429. The minimum absolute atomic E-state index is 0.0788. The first-order chi connectivity index (χ1) is 7.69. The quantitative estimate of drug-likeness (QED) is 0.750. The van der Waals surface area contributed by atoms with Gasteiger partial charge < -0.3 is 5.32 Å². The third kappa shape index (κ3) is 3.36. The molecule has 1 nitrogen and oxygen atoms in total. The molecule has 0 aliphatic carbocycles. The van der Waals surface area contributed by atoms with Crippen molar-refractivity contribution in [3.63, 3.8) is 0 Å². The maximum Gasteiger partial charge on any atom is 0.128 e. The fourth-order valence-electron chi connectivity index (χ4n) is 1.66. The molecule has 1 N–H and O–H groups in total. The van der Waals surface area contributed by atoms with Crippen molar-refractivity contribution in [2.75, 3.05) is 6.54 Å². The molecular weight excluding hydrogens is 201 g/mol. The van der Waals surface area contributed by atoms with Gasteiger partial charge in [0.15, 0.2) is 0 Å². The van der Waals surface area contributed by atoms with Gasteiger partial charge in [-0.25, -0.2) is 4.39 Å². The summed E-state index contributed by atoms with van der Waals surface area (Å²) >= 11 is 0. The molecule has 86 valence electrons. The Bertz CT molecular complexity index is 379. The van der Waals surface area contributed by atoms with Crippen LogP contribution in [-0.4, -0.2) is 6.54 Å². The number of terminal acetylenes is 1. The molecule has 0 heterocycles. The van der Waals surface area contributed by atoms with Crippen LogP contribution in [0.2, 0.25) is 0 Å². The summed E-state index contributed by atoms with van der Waals surface area (Å²) in [6.07, 6.45) is 6.84. The number of hydrogen-bond acceptors (Lipinski definition) is 1. The average molecular weight is 219 g/mol. The second kappa shape index (κ2) is 6.30. The Morgan fingerprint density at radius 1 is 1.50 bits per heavy atom. The van der Waals surface area contributed by atoms with E-state index in [0.717, 1.165) is 18.5 Å². The number of hydrogen-bond donors (Lipinski definition) is 1. The minimum atomic E-state index is -0.186. The van der Waals surface area contributed by atoms with E-state index in [9.17, 15) is 4.39 Å². The van der Waals surface area contributed by atoms with E-state index in [2.05, 4.69) is 18.2 Å². The van der Waals surface area contributed by atoms with E-state index in [0.29, 0.717) is 12.0 Å². The van der Waals surface area contributed by atoms with Crippen LogP contribution in [0, 0.1) is 25.1 Å². The molecule has 0 radical (unpaired) electrons. The van der Waals surface area contributed by atoms with Crippen molar-refractivity contribution in [1.29, 1.82) is 0 Å². The van der Waals surface area contributed by atoms with Gasteiger partial charge in [-0.3, -0.25) is 0 Å². The summed E-state index contributed by atoms with van der Waals surface area (Å²) in [4.78, 5) is 0. The first kappa shape index (κ1) is 12.7. The van der Waals surface area contributed by atoms with Crippen LogP contribution in [0.15, 0.2) is 18.2 Å². The first-order valence-corrected chi connectivity index (χ1v) is 5.62. The Labute approximate surface area is 97.1 Å². The van der Waals surface area contributed by atoms with Crippen LogP contribution >= 0.6 is 0 Å². The first-order valence-electron chi connectivity index (χ1n) is 5.62. The second-order valence-corrected chi connectivity index (χ2v) is 3.94. The van der Waals surface area contributed by atoms with Gasteiger partial charge in [0, 0.05) is 18.0 Å². The van der Waals surface area contributed by atoms with Crippen molar-refractivity contribution >= 4 is 0 Å². The minimum Gasteiger partial charge on any atom is -0.309 e. The van der Waals surface area contributed by atoms with Gasteiger partial charge in [-0.05, 0) is 26.0 Å². The molecule has 0 fully saturated rings. The Hall–Kier alpha value is -1.33. The summed E-state index contributed by atoms with van der Waals surface area (Å²) in [6.45, 7) is 4.88. The molecule has 1 aromatic rings. The lowest BCUT2D eigenvalue weighted by molar-refractivity contribution is 0.506. The van der Waals surface area contributed by atoms with E-state index in [1.54, 1.807) is 6.07 Å². The number of halogens is 1. The third-order valence-corrected chi connectivity index (χ3v) is 2.49. The Balaban J connectivity index is 2.91. The van der Waals surface area contributed by atoms with Gasteiger partial charge in [-0.15, -0.1) is 12.3 Å². The molecule has 1 rings (SSSR count). The van der Waals surface area contributed by atoms with Crippen molar-refractivity contribution in [3.8, 4) is 12.3 Å². The molecule has 0 bridgehead atoms. The lowest BCUT2D eigenvalue weighted by Gasteiger charge is -2.17. The summed E-state index contributed by atoms with van der Waals surface area (Å²) in [5.74, 6) is 2.41. The third-order valence-electron chi connectivity index (χ3n) is 2.49. The van der Waals surface area contributed by atoms with Crippen LogP contribution in [0.1, 0.15) is 36.9 Å². The normalized spacial score (nSPS) is 12.1. The van der Waals surface area contributed by atoms with Crippen molar-refractivity contribution in [1.82, 2.24) is 5.32 Å². The number of benzene rings is 1. The maximum absolute atomic E-state index is 13.7. The summed E-state index contributed by atoms with van der Waals surface area (Å²) in [5, 5.41) is 3.27. The van der Waals surface area contributed by atoms with Crippen molar-refractivity contribution < 1.29 is 4.39 Å². The lowest BCUT2D eigenvalue weighted by atomic mass is 10.0. The molecule has 0 aliphatic heterocycles. The fourth-order valence-corrected chi connectivity index (χ4v) is 1.66. The SMILES string of the molecule is C#CCC(NCCC)c1cc(C)ccc1F. The standard InChI is InChI=1S/C14H18FN/c1-4-6-14(16-9-5-2)12-10-11(3)7-8-13(12)15/h1,7-8,10,14,16H,5-6,9H2,2-3H3. The summed E-state index contributed by atoms with van der Waals surface area (Å²) in [7, 11) is 0. The molecular formula is C14H18FN. The molecule has 0 spiro atoms. The van der Waals surface area contributed by atoms with Crippen molar-refractivity contribution in [3.05, 3.63) is 35.1 Å². The van der Waals surface area contributed by atoms with E-state index in [4.69, 9.17) is 6.42 Å². The van der Waals surface area contributed by atoms with E-state index < -0.39 is 0 Å².